The normalized spacial score (nSPS) is 14.7. The van der Waals surface area contributed by atoms with E-state index in [1.165, 1.54) is 12.5 Å². The maximum atomic E-state index is 12.1. The zero-order chi connectivity index (χ0) is 16.4. The Morgan fingerprint density at radius 2 is 2.10 bits per heavy atom. The van der Waals surface area contributed by atoms with E-state index < -0.39 is 20.6 Å². The van der Waals surface area contributed by atoms with E-state index in [9.17, 15) is 8.42 Å². The van der Waals surface area contributed by atoms with Gasteiger partial charge in [0.15, 0.2) is 9.84 Å². The van der Waals surface area contributed by atoms with Crippen LogP contribution in [-0.2, 0) is 16.4 Å². The van der Waals surface area contributed by atoms with Crippen LogP contribution < -0.4 is 11.3 Å². The Hall–Kier alpha value is -0.670. The number of hydrazine groups is 1. The molecule has 3 N–H and O–H groups in total. The summed E-state index contributed by atoms with van der Waals surface area (Å²) in [6.45, 7) is 4.58. The maximum Gasteiger partial charge on any atom is 0.154 e. The first-order chi connectivity index (χ1) is 9.52. The fourth-order valence-electron chi connectivity index (χ4n) is 1.95. The first-order valence-electron chi connectivity index (χ1n) is 6.54. The molecule has 1 atom stereocenters. The highest BCUT2D eigenvalue weighted by Crippen LogP contribution is 2.35. The monoisotopic (exact) mass is 337 g/mol. The van der Waals surface area contributed by atoms with E-state index in [0.717, 1.165) is 6.54 Å². The number of sulfone groups is 1. The number of nitrogens with zero attached hydrogens (tertiary/aromatic N) is 3. The molecule has 0 aliphatic heterocycles. The van der Waals surface area contributed by atoms with Gasteiger partial charge < -0.3 is 4.90 Å². The Morgan fingerprint density at radius 3 is 2.52 bits per heavy atom. The number of nitrogens with one attached hydrogen (secondary N) is 1. The third-order valence-electron chi connectivity index (χ3n) is 3.68. The van der Waals surface area contributed by atoms with Crippen molar-refractivity contribution < 1.29 is 8.42 Å². The van der Waals surface area contributed by atoms with Gasteiger partial charge in [0, 0.05) is 12.8 Å². The molecule has 0 amide bonds. The summed E-state index contributed by atoms with van der Waals surface area (Å²) in [4.78, 5) is 2.01. The standard InChI is InChI=1S/C12H24ClN5O2S/c1-12(2,21(5,19)20)11(16-14)10-9(13)8-15-18(10)7-6-17(3)4/h8,11,16H,6-7,14H2,1-5H3. The molecule has 0 fully saturated rings. The molecule has 0 spiro atoms. The van der Waals surface area contributed by atoms with Crippen LogP contribution in [0.3, 0.4) is 0 Å². The van der Waals surface area contributed by atoms with Crippen molar-refractivity contribution in [1.82, 2.24) is 20.1 Å². The predicted molar refractivity (Wildman–Crippen MR) is 84.8 cm³/mol. The summed E-state index contributed by atoms with van der Waals surface area (Å²) < 4.78 is 24.7. The number of nitrogens with two attached hydrogens (primary N) is 1. The van der Waals surface area contributed by atoms with Gasteiger partial charge in [-0.1, -0.05) is 11.6 Å². The smallest absolute Gasteiger partial charge is 0.154 e. The van der Waals surface area contributed by atoms with Gasteiger partial charge in [-0.25, -0.2) is 13.8 Å². The average molecular weight is 338 g/mol. The van der Waals surface area contributed by atoms with Crippen LogP contribution in [-0.4, -0.2) is 54.7 Å². The molecule has 21 heavy (non-hydrogen) atoms. The van der Waals surface area contributed by atoms with Crippen molar-refractivity contribution >= 4 is 21.4 Å². The zero-order valence-corrected chi connectivity index (χ0v) is 14.7. The molecule has 1 rings (SSSR count). The molecule has 122 valence electrons. The highest BCUT2D eigenvalue weighted by Gasteiger charge is 2.42. The van der Waals surface area contributed by atoms with Crippen LogP contribution in [0.25, 0.3) is 0 Å². The Morgan fingerprint density at radius 1 is 1.52 bits per heavy atom. The van der Waals surface area contributed by atoms with Gasteiger partial charge in [0.05, 0.1) is 34.2 Å². The van der Waals surface area contributed by atoms with Crippen LogP contribution >= 0.6 is 11.6 Å². The lowest BCUT2D eigenvalue weighted by atomic mass is 10.0. The van der Waals surface area contributed by atoms with Crippen LogP contribution in [0.5, 0.6) is 0 Å². The Labute approximate surface area is 131 Å². The topological polar surface area (TPSA) is 93.2 Å². The second-order valence-corrected chi connectivity index (χ2v) is 8.88. The summed E-state index contributed by atoms with van der Waals surface area (Å²) >= 11 is 6.20. The van der Waals surface area contributed by atoms with Gasteiger partial charge in [0.25, 0.3) is 0 Å². The third kappa shape index (κ3) is 3.95. The fraction of sp³-hybridized carbons (Fsp3) is 0.750. The lowest BCUT2D eigenvalue weighted by molar-refractivity contribution is 0.350. The number of aromatic nitrogens is 2. The largest absolute Gasteiger partial charge is 0.308 e. The van der Waals surface area contributed by atoms with Gasteiger partial charge in [-0.3, -0.25) is 10.5 Å². The van der Waals surface area contributed by atoms with Crippen molar-refractivity contribution in [1.29, 1.82) is 0 Å². The summed E-state index contributed by atoms with van der Waals surface area (Å²) in [7, 11) is 0.539. The van der Waals surface area contributed by atoms with Crippen molar-refractivity contribution in [2.45, 2.75) is 31.2 Å². The number of hydrogen-bond donors (Lipinski definition) is 2. The average Bonchev–Trinajstić information content (AvgIpc) is 2.68. The minimum Gasteiger partial charge on any atom is -0.308 e. The number of rotatable bonds is 7. The SMILES string of the molecule is CN(C)CCn1ncc(Cl)c1C(NN)C(C)(C)S(C)(=O)=O. The van der Waals surface area contributed by atoms with Gasteiger partial charge >= 0.3 is 0 Å². The van der Waals surface area contributed by atoms with E-state index in [0.29, 0.717) is 17.3 Å². The molecule has 0 aromatic carbocycles. The lowest BCUT2D eigenvalue weighted by Crippen LogP contribution is -2.48. The molecule has 0 saturated heterocycles. The quantitative estimate of drug-likeness (QED) is 0.553. The highest BCUT2D eigenvalue weighted by atomic mass is 35.5. The van der Waals surface area contributed by atoms with Crippen molar-refractivity contribution in [3.63, 3.8) is 0 Å². The molecular formula is C12H24ClN5O2S. The fourth-order valence-corrected chi connectivity index (χ4v) is 2.81. The van der Waals surface area contributed by atoms with E-state index in [-0.39, 0.29) is 0 Å². The van der Waals surface area contributed by atoms with Crippen LogP contribution in [0, 0.1) is 0 Å². The van der Waals surface area contributed by atoms with Crippen LogP contribution in [0.1, 0.15) is 25.6 Å². The Bertz CT molecular complexity index is 582. The molecule has 0 saturated carbocycles. The van der Waals surface area contributed by atoms with E-state index in [1.54, 1.807) is 18.5 Å². The summed E-state index contributed by atoms with van der Waals surface area (Å²) in [5.41, 5.74) is 3.16. The lowest BCUT2D eigenvalue weighted by Gasteiger charge is -2.32. The van der Waals surface area contributed by atoms with Gasteiger partial charge in [0.1, 0.15) is 0 Å². The van der Waals surface area contributed by atoms with Gasteiger partial charge in [0.2, 0.25) is 0 Å². The second kappa shape index (κ2) is 6.62. The predicted octanol–water partition coefficient (Wildman–Crippen LogP) is 0.426. The van der Waals surface area contributed by atoms with Gasteiger partial charge in [-0.05, 0) is 27.9 Å². The molecule has 1 aromatic heterocycles. The van der Waals surface area contributed by atoms with Gasteiger partial charge in [-0.2, -0.15) is 5.10 Å². The summed E-state index contributed by atoms with van der Waals surface area (Å²) in [5, 5.41) is 4.62. The Kier molecular flexibility index (Phi) is 5.79. The van der Waals surface area contributed by atoms with Crippen LogP contribution in [0.15, 0.2) is 6.20 Å². The van der Waals surface area contributed by atoms with E-state index >= 15 is 0 Å². The second-order valence-electron chi connectivity index (χ2n) is 5.88. The molecular weight excluding hydrogens is 314 g/mol. The number of halogens is 1. The molecule has 7 nitrogen and oxygen atoms in total. The van der Waals surface area contributed by atoms with E-state index in [1.807, 2.05) is 19.0 Å². The molecule has 0 aliphatic rings. The Balaban J connectivity index is 3.26. The molecule has 9 heteroatoms. The third-order valence-corrected chi connectivity index (χ3v) is 6.12. The van der Waals surface area contributed by atoms with E-state index in [2.05, 4.69) is 10.5 Å². The summed E-state index contributed by atoms with van der Waals surface area (Å²) in [6.07, 6.45) is 2.70. The van der Waals surface area contributed by atoms with Crippen molar-refractivity contribution in [3.05, 3.63) is 16.9 Å². The van der Waals surface area contributed by atoms with Crippen molar-refractivity contribution in [3.8, 4) is 0 Å². The maximum absolute atomic E-state index is 12.1. The molecule has 0 bridgehead atoms. The number of hydrogen-bond acceptors (Lipinski definition) is 6. The zero-order valence-electron chi connectivity index (χ0n) is 13.1. The van der Waals surface area contributed by atoms with Crippen molar-refractivity contribution in [2.75, 3.05) is 26.9 Å². The van der Waals surface area contributed by atoms with Crippen molar-refractivity contribution in [2.24, 2.45) is 5.84 Å². The first-order valence-corrected chi connectivity index (χ1v) is 8.81. The highest BCUT2D eigenvalue weighted by molar-refractivity contribution is 7.92. The molecule has 0 aliphatic carbocycles. The summed E-state index contributed by atoms with van der Waals surface area (Å²) in [5.74, 6) is 5.62. The number of likely N-dealkylation sites (N-methyl/N-ethyl adjacent to an activating group) is 1. The first kappa shape index (κ1) is 18.4. The van der Waals surface area contributed by atoms with Gasteiger partial charge in [-0.15, -0.1) is 0 Å². The molecule has 1 unspecified atom stereocenters. The molecule has 0 radical (unpaired) electrons. The molecule has 1 aromatic rings. The molecule has 1 heterocycles. The minimum atomic E-state index is -3.36. The summed E-state index contributed by atoms with van der Waals surface area (Å²) in [6, 6.07) is -0.662. The van der Waals surface area contributed by atoms with Crippen LogP contribution in [0.2, 0.25) is 5.02 Å². The minimum absolute atomic E-state index is 0.397. The van der Waals surface area contributed by atoms with E-state index in [4.69, 9.17) is 17.4 Å². The van der Waals surface area contributed by atoms with Crippen LogP contribution in [0.4, 0.5) is 0 Å².